The molecule has 0 radical (unpaired) electrons. The van der Waals surface area contributed by atoms with E-state index in [1.807, 2.05) is 18.6 Å². The summed E-state index contributed by atoms with van der Waals surface area (Å²) in [5.74, 6) is 1.89. The van der Waals surface area contributed by atoms with Gasteiger partial charge in [0.2, 0.25) is 0 Å². The van der Waals surface area contributed by atoms with Crippen molar-refractivity contribution in [1.29, 1.82) is 0 Å². The third kappa shape index (κ3) is 3.15. The summed E-state index contributed by atoms with van der Waals surface area (Å²) in [4.78, 5) is 7.01. The number of hydrogen-bond donors (Lipinski definition) is 1. The van der Waals surface area contributed by atoms with Crippen molar-refractivity contribution >= 4 is 10.9 Å². The second-order valence-corrected chi connectivity index (χ2v) is 6.69. The van der Waals surface area contributed by atoms with Crippen LogP contribution < -0.4 is 0 Å². The van der Waals surface area contributed by atoms with Crippen molar-refractivity contribution in [2.75, 3.05) is 13.1 Å². The molecule has 3 heterocycles. The molecule has 1 aromatic carbocycles. The van der Waals surface area contributed by atoms with Crippen LogP contribution in [0.3, 0.4) is 0 Å². The zero-order chi connectivity index (χ0) is 15.6. The molecule has 23 heavy (non-hydrogen) atoms. The van der Waals surface area contributed by atoms with Crippen molar-refractivity contribution in [2.45, 2.75) is 25.8 Å². The highest BCUT2D eigenvalue weighted by Gasteiger charge is 2.21. The lowest BCUT2D eigenvalue weighted by molar-refractivity contribution is 0.162. The Kier molecular flexibility index (Phi) is 3.87. The van der Waals surface area contributed by atoms with E-state index in [-0.39, 0.29) is 0 Å². The fourth-order valence-corrected chi connectivity index (χ4v) is 3.66. The van der Waals surface area contributed by atoms with Crippen LogP contribution in [-0.4, -0.2) is 37.7 Å². The van der Waals surface area contributed by atoms with Gasteiger partial charge in [0.25, 0.3) is 0 Å². The molecule has 120 valence electrons. The quantitative estimate of drug-likeness (QED) is 0.806. The van der Waals surface area contributed by atoms with Crippen LogP contribution >= 0.6 is 0 Å². The maximum Gasteiger partial charge on any atom is 0.122 e. The predicted octanol–water partition coefficient (Wildman–Crippen LogP) is 2.75. The van der Waals surface area contributed by atoms with E-state index in [1.165, 1.54) is 30.3 Å². The van der Waals surface area contributed by atoms with Crippen molar-refractivity contribution in [3.63, 3.8) is 0 Å². The van der Waals surface area contributed by atoms with Crippen LogP contribution in [-0.2, 0) is 20.0 Å². The van der Waals surface area contributed by atoms with Crippen LogP contribution in [0.25, 0.3) is 10.9 Å². The molecule has 0 spiro atoms. The van der Waals surface area contributed by atoms with E-state index in [1.54, 1.807) is 0 Å². The number of benzene rings is 1. The molecular weight excluding hydrogens is 286 g/mol. The Morgan fingerprint density at radius 1 is 1.35 bits per heavy atom. The van der Waals surface area contributed by atoms with Crippen molar-refractivity contribution < 1.29 is 0 Å². The molecule has 1 N–H and O–H groups in total. The number of piperidine rings is 1. The van der Waals surface area contributed by atoms with Gasteiger partial charge in [-0.15, -0.1) is 0 Å². The lowest BCUT2D eigenvalue weighted by atomic mass is 9.91. The summed E-state index contributed by atoms with van der Waals surface area (Å²) in [6.45, 7) is 3.31. The van der Waals surface area contributed by atoms with Crippen molar-refractivity contribution in [3.8, 4) is 0 Å². The summed E-state index contributed by atoms with van der Waals surface area (Å²) < 4.78 is 2.12. The minimum atomic E-state index is 0.730. The highest BCUT2D eigenvalue weighted by atomic mass is 15.2. The second kappa shape index (κ2) is 6.16. The van der Waals surface area contributed by atoms with E-state index < -0.39 is 0 Å². The first-order chi connectivity index (χ1) is 11.3. The van der Waals surface area contributed by atoms with E-state index >= 15 is 0 Å². The first-order valence-electron chi connectivity index (χ1n) is 8.38. The fraction of sp³-hybridized carbons (Fsp3) is 0.444. The number of likely N-dealkylation sites (tertiary alicyclic amines) is 1. The van der Waals surface area contributed by atoms with E-state index in [9.17, 15) is 0 Å². The minimum absolute atomic E-state index is 0.730. The standard InChI is InChI=1S/C18H23N5/c1-22-8-6-19-18(22)13-23-7-2-3-15(12-23)9-14-4-5-17-16(10-14)11-20-21-17/h4-6,8,10-11,15H,2-3,7,9,12-13H2,1H3,(H,20,21)/t15-/m1/s1. The van der Waals surface area contributed by atoms with Gasteiger partial charge >= 0.3 is 0 Å². The maximum absolute atomic E-state index is 4.46. The number of rotatable bonds is 4. The number of imidazole rings is 1. The van der Waals surface area contributed by atoms with Gasteiger partial charge in [-0.25, -0.2) is 4.98 Å². The summed E-state index contributed by atoms with van der Waals surface area (Å²) in [5, 5.41) is 8.34. The lowest BCUT2D eigenvalue weighted by Crippen LogP contribution is -2.36. The molecule has 0 saturated carbocycles. The molecule has 2 aromatic heterocycles. The molecule has 3 aromatic rings. The lowest BCUT2D eigenvalue weighted by Gasteiger charge is -2.32. The number of aromatic amines is 1. The van der Waals surface area contributed by atoms with Crippen LogP contribution in [0.2, 0.25) is 0 Å². The van der Waals surface area contributed by atoms with Gasteiger partial charge in [-0.1, -0.05) is 6.07 Å². The van der Waals surface area contributed by atoms with E-state index in [0.717, 1.165) is 36.8 Å². The van der Waals surface area contributed by atoms with Crippen LogP contribution in [0.4, 0.5) is 0 Å². The Balaban J connectivity index is 1.41. The van der Waals surface area contributed by atoms with Crippen molar-refractivity contribution in [3.05, 3.63) is 48.2 Å². The largest absolute Gasteiger partial charge is 0.337 e. The number of fused-ring (bicyclic) bond motifs is 1. The normalized spacial score (nSPS) is 19.4. The Morgan fingerprint density at radius 3 is 3.17 bits per heavy atom. The third-order valence-corrected chi connectivity index (χ3v) is 4.92. The predicted molar refractivity (Wildman–Crippen MR) is 91.0 cm³/mol. The summed E-state index contributed by atoms with van der Waals surface area (Å²) in [7, 11) is 2.07. The Bertz CT molecular complexity index is 787. The number of aryl methyl sites for hydroxylation is 1. The van der Waals surface area contributed by atoms with Gasteiger partial charge in [0, 0.05) is 31.4 Å². The Hall–Kier alpha value is -2.14. The number of hydrogen-bond acceptors (Lipinski definition) is 3. The molecule has 0 amide bonds. The van der Waals surface area contributed by atoms with Gasteiger partial charge in [-0.2, -0.15) is 5.10 Å². The molecule has 0 aliphatic carbocycles. The molecule has 1 aliphatic heterocycles. The first-order valence-corrected chi connectivity index (χ1v) is 8.38. The van der Waals surface area contributed by atoms with Crippen LogP contribution in [0.5, 0.6) is 0 Å². The van der Waals surface area contributed by atoms with Crippen LogP contribution in [0.15, 0.2) is 36.8 Å². The van der Waals surface area contributed by atoms with Crippen LogP contribution in [0, 0.1) is 5.92 Å². The first kappa shape index (κ1) is 14.5. The Morgan fingerprint density at radius 2 is 2.30 bits per heavy atom. The fourth-order valence-electron chi connectivity index (χ4n) is 3.66. The van der Waals surface area contributed by atoms with Gasteiger partial charge in [0.1, 0.15) is 5.82 Å². The molecule has 4 rings (SSSR count). The summed E-state index contributed by atoms with van der Waals surface area (Å²) in [5.41, 5.74) is 2.54. The van der Waals surface area contributed by atoms with E-state index in [0.29, 0.717) is 0 Å². The molecule has 1 saturated heterocycles. The highest BCUT2D eigenvalue weighted by Crippen LogP contribution is 2.23. The van der Waals surface area contributed by atoms with E-state index in [2.05, 4.69) is 49.9 Å². The van der Waals surface area contributed by atoms with Gasteiger partial charge in [0.05, 0.1) is 18.3 Å². The monoisotopic (exact) mass is 309 g/mol. The highest BCUT2D eigenvalue weighted by molar-refractivity contribution is 5.78. The molecule has 1 aliphatic rings. The SMILES string of the molecule is Cn1ccnc1CN1CCC[C@H](Cc2ccc3[nH]ncc3c2)C1. The smallest absolute Gasteiger partial charge is 0.122 e. The minimum Gasteiger partial charge on any atom is -0.337 e. The maximum atomic E-state index is 4.46. The number of aromatic nitrogens is 4. The second-order valence-electron chi connectivity index (χ2n) is 6.69. The van der Waals surface area contributed by atoms with E-state index in [4.69, 9.17) is 0 Å². The molecular formula is C18H23N5. The van der Waals surface area contributed by atoms with Gasteiger partial charge in [0.15, 0.2) is 0 Å². The molecule has 5 nitrogen and oxygen atoms in total. The topological polar surface area (TPSA) is 49.7 Å². The molecule has 0 bridgehead atoms. The van der Waals surface area contributed by atoms with Gasteiger partial charge < -0.3 is 4.57 Å². The van der Waals surface area contributed by atoms with Crippen molar-refractivity contribution in [1.82, 2.24) is 24.6 Å². The number of H-pyrrole nitrogens is 1. The summed E-state index contributed by atoms with van der Waals surface area (Å²) in [6, 6.07) is 6.65. The molecule has 0 unspecified atom stereocenters. The Labute approximate surface area is 136 Å². The molecule has 1 atom stereocenters. The van der Waals surface area contributed by atoms with Crippen molar-refractivity contribution in [2.24, 2.45) is 13.0 Å². The zero-order valence-corrected chi connectivity index (χ0v) is 13.6. The van der Waals surface area contributed by atoms with Gasteiger partial charge in [-0.3, -0.25) is 10.00 Å². The average Bonchev–Trinajstić information content (AvgIpc) is 3.17. The molecule has 1 fully saturated rings. The summed E-state index contributed by atoms with van der Waals surface area (Å²) in [6.07, 6.45) is 9.57. The number of nitrogens with zero attached hydrogens (tertiary/aromatic N) is 4. The number of nitrogens with one attached hydrogen (secondary N) is 1. The average molecular weight is 309 g/mol. The third-order valence-electron chi connectivity index (χ3n) is 4.92. The zero-order valence-electron chi connectivity index (χ0n) is 13.6. The molecule has 5 heteroatoms. The summed E-state index contributed by atoms with van der Waals surface area (Å²) >= 11 is 0. The van der Waals surface area contributed by atoms with Crippen LogP contribution in [0.1, 0.15) is 24.2 Å². The van der Waals surface area contributed by atoms with Gasteiger partial charge in [-0.05, 0) is 49.4 Å².